The summed E-state index contributed by atoms with van der Waals surface area (Å²) in [6.45, 7) is 0.328. The average Bonchev–Trinajstić information content (AvgIpc) is 2.49. The molecule has 0 saturated carbocycles. The van der Waals surface area contributed by atoms with E-state index >= 15 is 0 Å². The third-order valence-corrected chi connectivity index (χ3v) is 4.08. The van der Waals surface area contributed by atoms with Gasteiger partial charge >= 0.3 is 6.08 Å². The lowest BCUT2D eigenvalue weighted by atomic mass is 10.1. The zero-order valence-corrected chi connectivity index (χ0v) is 14.1. The van der Waals surface area contributed by atoms with Crippen LogP contribution in [-0.2, 0) is 6.42 Å². The minimum Gasteiger partial charge on any atom is -0.272 e. The molecule has 124 valence electrons. The fraction of sp³-hybridized carbons (Fsp3) is 0.286. The van der Waals surface area contributed by atoms with Crippen LogP contribution < -0.4 is 5.32 Å². The maximum atomic E-state index is 12.7. The highest BCUT2D eigenvalue weighted by Crippen LogP contribution is 2.21. The monoisotopic (exact) mass is 381 g/mol. The number of nitrogens with one attached hydrogen (secondary N) is 1. The highest BCUT2D eigenvalue weighted by Gasteiger charge is 2.07. The van der Waals surface area contributed by atoms with E-state index in [0.717, 1.165) is 17.3 Å². The Hall–Kier alpha value is -1.36. The van der Waals surface area contributed by atoms with Crippen LogP contribution in [0.2, 0.25) is 10.0 Å². The number of aliphatic imine (C=N–C) groups is 1. The first kappa shape index (κ1) is 19.7. The van der Waals surface area contributed by atoms with Crippen LogP contribution in [0.4, 0.5) is 13.2 Å². The number of nitrogens with zero attached hydrogens (tertiary/aromatic N) is 2. The number of nitriles is 1. The lowest BCUT2D eigenvalue weighted by Crippen LogP contribution is -2.15. The van der Waals surface area contributed by atoms with Crippen molar-refractivity contribution in [3.05, 3.63) is 45.7 Å². The second kappa shape index (κ2) is 10.4. The lowest BCUT2D eigenvalue weighted by molar-refractivity contribution is 0.373. The van der Waals surface area contributed by atoms with E-state index in [9.17, 15) is 13.2 Å². The fourth-order valence-electron chi connectivity index (χ4n) is 1.50. The van der Waals surface area contributed by atoms with E-state index in [2.05, 4.69) is 10.3 Å². The van der Waals surface area contributed by atoms with E-state index < -0.39 is 18.3 Å². The van der Waals surface area contributed by atoms with Crippen molar-refractivity contribution in [3.8, 4) is 6.19 Å². The largest absolute Gasteiger partial charge is 0.301 e. The van der Waals surface area contributed by atoms with Gasteiger partial charge in [-0.05, 0) is 24.1 Å². The third-order valence-electron chi connectivity index (χ3n) is 2.58. The smallest absolute Gasteiger partial charge is 0.272 e. The van der Waals surface area contributed by atoms with Gasteiger partial charge in [0.05, 0.1) is 0 Å². The molecule has 0 amide bonds. The van der Waals surface area contributed by atoms with Crippen molar-refractivity contribution in [1.82, 2.24) is 5.32 Å². The molecule has 9 heteroatoms. The molecule has 0 aromatic heterocycles. The maximum absolute atomic E-state index is 12.7. The molecule has 0 aliphatic rings. The summed E-state index contributed by atoms with van der Waals surface area (Å²) in [6, 6.07) is 5.09. The first-order valence-electron chi connectivity index (χ1n) is 6.40. The van der Waals surface area contributed by atoms with E-state index in [1.165, 1.54) is 0 Å². The van der Waals surface area contributed by atoms with Crippen LogP contribution in [0.3, 0.4) is 0 Å². The molecule has 0 aliphatic heterocycles. The van der Waals surface area contributed by atoms with Crippen LogP contribution in [0.5, 0.6) is 0 Å². The molecule has 3 nitrogen and oxygen atoms in total. The number of amidine groups is 1. The van der Waals surface area contributed by atoms with Gasteiger partial charge in [-0.2, -0.15) is 14.0 Å². The molecule has 1 N–H and O–H groups in total. The minimum absolute atomic E-state index is 0.0401. The number of allylic oxidation sites excluding steroid dienone is 1. The van der Waals surface area contributed by atoms with Crippen molar-refractivity contribution in [3.63, 3.8) is 0 Å². The Morgan fingerprint density at radius 1 is 1.30 bits per heavy atom. The summed E-state index contributed by atoms with van der Waals surface area (Å²) in [5.74, 6) is -1.42. The summed E-state index contributed by atoms with van der Waals surface area (Å²) in [5, 5.41) is 12.2. The molecular weight excluding hydrogens is 370 g/mol. The van der Waals surface area contributed by atoms with Gasteiger partial charge in [0.1, 0.15) is 0 Å². The molecule has 0 bridgehead atoms. The molecule has 0 atom stereocenters. The molecule has 0 radical (unpaired) electrons. The van der Waals surface area contributed by atoms with Crippen molar-refractivity contribution in [2.45, 2.75) is 12.8 Å². The first-order valence-corrected chi connectivity index (χ1v) is 8.14. The number of benzene rings is 1. The van der Waals surface area contributed by atoms with Crippen LogP contribution in [-0.4, -0.2) is 17.5 Å². The summed E-state index contributed by atoms with van der Waals surface area (Å²) in [7, 11) is 0. The van der Waals surface area contributed by atoms with Crippen LogP contribution in [0.15, 0.2) is 35.1 Å². The summed E-state index contributed by atoms with van der Waals surface area (Å²) < 4.78 is 36.5. The summed E-state index contributed by atoms with van der Waals surface area (Å²) in [6.07, 6.45) is -0.541. The molecule has 0 saturated heterocycles. The number of hydrogen-bond donors (Lipinski definition) is 1. The van der Waals surface area contributed by atoms with Crippen molar-refractivity contribution in [2.24, 2.45) is 4.99 Å². The molecule has 1 aromatic carbocycles. The topological polar surface area (TPSA) is 48.2 Å². The van der Waals surface area contributed by atoms with Crippen molar-refractivity contribution >= 4 is 40.1 Å². The molecular formula is C14H12Cl2F3N3S. The molecule has 0 aliphatic carbocycles. The summed E-state index contributed by atoms with van der Waals surface area (Å²) >= 11 is 12.8. The Labute approximate surface area is 146 Å². The zero-order valence-electron chi connectivity index (χ0n) is 11.8. The Morgan fingerprint density at radius 3 is 2.65 bits per heavy atom. The van der Waals surface area contributed by atoms with E-state index in [1.54, 1.807) is 24.4 Å². The maximum Gasteiger partial charge on any atom is 0.301 e. The number of halogens is 5. The lowest BCUT2D eigenvalue weighted by Gasteiger charge is -2.05. The third kappa shape index (κ3) is 7.64. The number of rotatable bonds is 6. The van der Waals surface area contributed by atoms with Gasteiger partial charge in [-0.3, -0.25) is 10.3 Å². The van der Waals surface area contributed by atoms with E-state index in [4.69, 9.17) is 28.5 Å². The van der Waals surface area contributed by atoms with Gasteiger partial charge in [0, 0.05) is 28.8 Å². The standard InChI is InChI=1S/C14H12Cl2F3N3S/c15-10-2-1-9(11(16)7-10)3-5-21-14(22-8-20)23-6-4-12(17)13(18)19/h1-2,7H,3-6H2,(H,21,22). The molecule has 0 spiro atoms. The summed E-state index contributed by atoms with van der Waals surface area (Å²) in [5.41, 5.74) is 0.842. The van der Waals surface area contributed by atoms with E-state index in [0.29, 0.717) is 23.0 Å². The predicted octanol–water partition coefficient (Wildman–Crippen LogP) is 5.16. The molecule has 1 aromatic rings. The average molecular weight is 382 g/mol. The normalized spacial score (nSPS) is 11.0. The second-order valence-electron chi connectivity index (χ2n) is 4.17. The number of hydrogen-bond acceptors (Lipinski definition) is 3. The molecule has 0 fully saturated rings. The van der Waals surface area contributed by atoms with Crippen LogP contribution in [0, 0.1) is 11.5 Å². The Kier molecular flexibility index (Phi) is 8.92. The van der Waals surface area contributed by atoms with Crippen molar-refractivity contribution in [2.75, 3.05) is 12.3 Å². The van der Waals surface area contributed by atoms with Gasteiger partial charge in [-0.1, -0.05) is 41.0 Å². The Bertz CT molecular complexity index is 641. The summed E-state index contributed by atoms with van der Waals surface area (Å²) in [4.78, 5) is 4.14. The highest BCUT2D eigenvalue weighted by atomic mass is 35.5. The second-order valence-corrected chi connectivity index (χ2v) is 6.10. The van der Waals surface area contributed by atoms with Crippen LogP contribution in [0.1, 0.15) is 12.0 Å². The SMILES string of the molecule is N#CNC(=NCCc1ccc(Cl)cc1Cl)SCCC(F)=C(F)F. The van der Waals surface area contributed by atoms with Crippen LogP contribution in [0.25, 0.3) is 0 Å². The fourth-order valence-corrected chi connectivity index (χ4v) is 2.78. The zero-order chi connectivity index (χ0) is 17.2. The van der Waals surface area contributed by atoms with Gasteiger partial charge in [0.25, 0.3) is 0 Å². The van der Waals surface area contributed by atoms with E-state index in [-0.39, 0.29) is 10.9 Å². The molecule has 0 unspecified atom stereocenters. The van der Waals surface area contributed by atoms with Gasteiger partial charge in [-0.15, -0.1) is 0 Å². The Morgan fingerprint density at radius 2 is 2.04 bits per heavy atom. The molecule has 0 heterocycles. The number of thioether (sulfide) groups is 1. The quantitative estimate of drug-likeness (QED) is 0.320. The van der Waals surface area contributed by atoms with E-state index in [1.807, 2.05) is 0 Å². The minimum atomic E-state index is -2.32. The van der Waals surface area contributed by atoms with Crippen molar-refractivity contribution < 1.29 is 13.2 Å². The van der Waals surface area contributed by atoms with Crippen LogP contribution >= 0.6 is 35.0 Å². The Balaban J connectivity index is 2.55. The molecule has 1 rings (SSSR count). The molecule has 23 heavy (non-hydrogen) atoms. The highest BCUT2D eigenvalue weighted by molar-refractivity contribution is 8.13. The van der Waals surface area contributed by atoms with Gasteiger partial charge in [0.15, 0.2) is 17.2 Å². The first-order chi connectivity index (χ1) is 10.9. The van der Waals surface area contributed by atoms with Gasteiger partial charge in [0.2, 0.25) is 0 Å². The van der Waals surface area contributed by atoms with Crippen molar-refractivity contribution in [1.29, 1.82) is 5.26 Å². The van der Waals surface area contributed by atoms with Gasteiger partial charge in [-0.25, -0.2) is 4.39 Å². The predicted molar refractivity (Wildman–Crippen MR) is 88.6 cm³/mol. The van der Waals surface area contributed by atoms with Gasteiger partial charge < -0.3 is 0 Å².